The van der Waals surface area contributed by atoms with Crippen LogP contribution in [-0.2, 0) is 18.3 Å². The predicted octanol–water partition coefficient (Wildman–Crippen LogP) is 1.85. The Morgan fingerprint density at radius 2 is 2.29 bits per heavy atom. The Balaban J connectivity index is 1.55. The van der Waals surface area contributed by atoms with Crippen LogP contribution in [0.15, 0.2) is 12.3 Å². The average molecular weight is 326 g/mol. The monoisotopic (exact) mass is 326 g/mol. The van der Waals surface area contributed by atoms with Crippen molar-refractivity contribution in [3.63, 3.8) is 0 Å². The Bertz CT molecular complexity index is 768. The van der Waals surface area contributed by atoms with Gasteiger partial charge in [0.2, 0.25) is 0 Å². The Morgan fingerprint density at radius 3 is 2.96 bits per heavy atom. The molecule has 1 saturated heterocycles. The summed E-state index contributed by atoms with van der Waals surface area (Å²) in [4.78, 5) is 7.10. The predicted molar refractivity (Wildman–Crippen MR) is 87.1 cm³/mol. The van der Waals surface area contributed by atoms with Gasteiger partial charge in [-0.1, -0.05) is 0 Å². The minimum absolute atomic E-state index is 0.181. The number of aromatic nitrogens is 4. The highest BCUT2D eigenvalue weighted by atomic mass is 16.5. The minimum atomic E-state index is 0.181. The van der Waals surface area contributed by atoms with Crippen molar-refractivity contribution in [1.82, 2.24) is 24.6 Å². The van der Waals surface area contributed by atoms with Crippen LogP contribution in [0.5, 0.6) is 0 Å². The number of methoxy groups -OCH3 is 1. The van der Waals surface area contributed by atoms with Gasteiger partial charge in [0.25, 0.3) is 0 Å². The molecule has 2 fully saturated rings. The van der Waals surface area contributed by atoms with Crippen LogP contribution in [0.2, 0.25) is 0 Å². The van der Waals surface area contributed by atoms with Gasteiger partial charge in [0.05, 0.1) is 12.1 Å². The van der Waals surface area contributed by atoms with Crippen LogP contribution in [0.1, 0.15) is 54.1 Å². The third-order valence-electron chi connectivity index (χ3n) is 5.04. The van der Waals surface area contributed by atoms with E-state index in [1.54, 1.807) is 7.11 Å². The first-order valence-electron chi connectivity index (χ1n) is 8.42. The molecule has 2 aromatic heterocycles. The van der Waals surface area contributed by atoms with E-state index in [4.69, 9.17) is 15.0 Å². The summed E-state index contributed by atoms with van der Waals surface area (Å²) in [5.74, 6) is 2.44. The molecule has 126 valence electrons. The maximum absolute atomic E-state index is 9.14. The summed E-state index contributed by atoms with van der Waals surface area (Å²) in [6.45, 7) is 1.64. The van der Waals surface area contributed by atoms with E-state index in [-0.39, 0.29) is 12.1 Å². The van der Waals surface area contributed by atoms with Gasteiger partial charge in [0.15, 0.2) is 5.82 Å². The van der Waals surface area contributed by atoms with E-state index in [1.807, 2.05) is 23.9 Å². The molecule has 1 aliphatic heterocycles. The zero-order chi connectivity index (χ0) is 16.7. The lowest BCUT2D eigenvalue weighted by Gasteiger charge is -2.21. The van der Waals surface area contributed by atoms with Gasteiger partial charge in [-0.25, -0.2) is 4.98 Å². The Labute approximate surface area is 141 Å². The second kappa shape index (κ2) is 6.04. The van der Waals surface area contributed by atoms with Crippen molar-refractivity contribution in [2.24, 2.45) is 7.05 Å². The number of ether oxygens (including phenoxy) is 1. The highest BCUT2D eigenvalue weighted by Gasteiger charge is 2.36. The van der Waals surface area contributed by atoms with E-state index in [1.165, 1.54) is 12.8 Å². The molecule has 1 aliphatic carbocycles. The number of hydrogen-bond donors (Lipinski definition) is 1. The normalized spacial score (nSPS) is 24.4. The number of nitriles is 1. The van der Waals surface area contributed by atoms with E-state index in [0.717, 1.165) is 36.7 Å². The van der Waals surface area contributed by atoms with E-state index in [2.05, 4.69) is 21.2 Å². The van der Waals surface area contributed by atoms with Gasteiger partial charge in [-0.3, -0.25) is 10.00 Å². The van der Waals surface area contributed by atoms with Gasteiger partial charge < -0.3 is 9.30 Å². The molecule has 2 atom stereocenters. The number of aryl methyl sites for hydroxylation is 1. The van der Waals surface area contributed by atoms with Gasteiger partial charge in [-0.2, -0.15) is 10.4 Å². The molecule has 24 heavy (non-hydrogen) atoms. The number of H-pyrrole nitrogens is 1. The molecule has 0 radical (unpaired) electrons. The Kier molecular flexibility index (Phi) is 3.87. The highest BCUT2D eigenvalue weighted by Crippen LogP contribution is 2.39. The fourth-order valence-electron chi connectivity index (χ4n) is 3.52. The van der Waals surface area contributed by atoms with Gasteiger partial charge in [-0.15, -0.1) is 0 Å². The fourth-order valence-corrected chi connectivity index (χ4v) is 3.52. The Hall–Kier alpha value is -2.17. The number of aromatic amines is 1. The molecule has 7 nitrogen and oxygen atoms in total. The minimum Gasteiger partial charge on any atom is -0.380 e. The second-order valence-electron chi connectivity index (χ2n) is 6.85. The van der Waals surface area contributed by atoms with Gasteiger partial charge in [0.1, 0.15) is 17.6 Å². The Morgan fingerprint density at radius 1 is 1.46 bits per heavy atom. The molecule has 2 aliphatic rings. The third-order valence-corrected chi connectivity index (χ3v) is 5.04. The zero-order valence-electron chi connectivity index (χ0n) is 14.1. The van der Waals surface area contributed by atoms with Crippen LogP contribution >= 0.6 is 0 Å². The SMILES string of the molecule is CO[C@@H]1C[C@@H](c2nc(C3CC3)n[nH]2)N(Cc2cc(C#N)n(C)c2)C1. The maximum atomic E-state index is 9.14. The summed E-state index contributed by atoms with van der Waals surface area (Å²) in [6, 6.07) is 4.35. The summed E-state index contributed by atoms with van der Waals surface area (Å²) < 4.78 is 7.46. The summed E-state index contributed by atoms with van der Waals surface area (Å²) in [5.41, 5.74) is 1.82. The molecule has 0 amide bonds. The van der Waals surface area contributed by atoms with Crippen molar-refractivity contribution in [1.29, 1.82) is 5.26 Å². The molecule has 7 heteroatoms. The summed E-state index contributed by atoms with van der Waals surface area (Å²) in [6.07, 6.45) is 5.53. The summed E-state index contributed by atoms with van der Waals surface area (Å²) in [5, 5.41) is 16.7. The first-order valence-corrected chi connectivity index (χ1v) is 8.42. The first kappa shape index (κ1) is 15.4. The van der Waals surface area contributed by atoms with Crippen molar-refractivity contribution in [2.75, 3.05) is 13.7 Å². The second-order valence-corrected chi connectivity index (χ2v) is 6.85. The van der Waals surface area contributed by atoms with E-state index in [0.29, 0.717) is 11.6 Å². The lowest BCUT2D eigenvalue weighted by molar-refractivity contribution is 0.107. The largest absolute Gasteiger partial charge is 0.380 e. The molecular formula is C17H22N6O. The molecule has 3 heterocycles. The van der Waals surface area contributed by atoms with Gasteiger partial charge in [0, 0.05) is 39.4 Å². The van der Waals surface area contributed by atoms with E-state index >= 15 is 0 Å². The lowest BCUT2D eigenvalue weighted by Crippen LogP contribution is -2.25. The van der Waals surface area contributed by atoms with Gasteiger partial charge in [-0.05, 0) is 30.9 Å². The number of hydrogen-bond acceptors (Lipinski definition) is 5. The van der Waals surface area contributed by atoms with Crippen LogP contribution in [-0.4, -0.2) is 44.4 Å². The van der Waals surface area contributed by atoms with Crippen LogP contribution in [0, 0.1) is 11.3 Å². The molecule has 1 saturated carbocycles. The van der Waals surface area contributed by atoms with Crippen LogP contribution < -0.4 is 0 Å². The number of nitrogens with one attached hydrogen (secondary N) is 1. The van der Waals surface area contributed by atoms with Crippen LogP contribution in [0.4, 0.5) is 0 Å². The van der Waals surface area contributed by atoms with Crippen LogP contribution in [0.25, 0.3) is 0 Å². The van der Waals surface area contributed by atoms with Crippen LogP contribution in [0.3, 0.4) is 0 Å². The molecule has 1 N–H and O–H groups in total. The number of rotatable bonds is 5. The zero-order valence-corrected chi connectivity index (χ0v) is 14.1. The molecule has 4 rings (SSSR count). The number of nitrogens with zero attached hydrogens (tertiary/aromatic N) is 5. The first-order chi connectivity index (χ1) is 11.7. The smallest absolute Gasteiger partial charge is 0.153 e. The third kappa shape index (κ3) is 2.83. The molecule has 0 aromatic carbocycles. The van der Waals surface area contributed by atoms with Crippen molar-refractivity contribution >= 4 is 0 Å². The number of likely N-dealkylation sites (tertiary alicyclic amines) is 1. The summed E-state index contributed by atoms with van der Waals surface area (Å²) in [7, 11) is 3.66. The molecular weight excluding hydrogens is 304 g/mol. The molecule has 0 spiro atoms. The fraction of sp³-hybridized carbons (Fsp3) is 0.588. The highest BCUT2D eigenvalue weighted by molar-refractivity contribution is 5.28. The van der Waals surface area contributed by atoms with Crippen molar-refractivity contribution in [3.8, 4) is 6.07 Å². The summed E-state index contributed by atoms with van der Waals surface area (Å²) >= 11 is 0. The maximum Gasteiger partial charge on any atom is 0.153 e. The van der Waals surface area contributed by atoms with Crippen molar-refractivity contribution in [3.05, 3.63) is 35.2 Å². The standard InChI is InChI=1S/C17H22N6O/c1-22-8-11(5-13(22)7-18)9-23-10-14(24-2)6-15(23)17-19-16(20-21-17)12-3-4-12/h5,8,12,14-15H,3-4,6,9-10H2,1-2H3,(H,19,20,21)/t14-,15+/m1/s1. The van der Waals surface area contributed by atoms with Crippen molar-refractivity contribution in [2.45, 2.75) is 43.9 Å². The quantitative estimate of drug-likeness (QED) is 0.907. The topological polar surface area (TPSA) is 82.8 Å². The van der Waals surface area contributed by atoms with E-state index < -0.39 is 0 Å². The lowest BCUT2D eigenvalue weighted by atomic mass is 10.2. The molecule has 0 unspecified atom stereocenters. The van der Waals surface area contributed by atoms with Crippen molar-refractivity contribution < 1.29 is 4.74 Å². The average Bonchev–Trinajstić information content (AvgIpc) is 3.03. The van der Waals surface area contributed by atoms with E-state index in [9.17, 15) is 0 Å². The molecule has 0 bridgehead atoms. The van der Waals surface area contributed by atoms with Gasteiger partial charge >= 0.3 is 0 Å². The molecule has 2 aromatic rings.